The van der Waals surface area contributed by atoms with E-state index >= 15 is 0 Å². The lowest BCUT2D eigenvalue weighted by Crippen LogP contribution is -3.00. The van der Waals surface area contributed by atoms with Crippen molar-refractivity contribution in [3.05, 3.63) is 96.6 Å². The summed E-state index contributed by atoms with van der Waals surface area (Å²) in [4.78, 5) is 66.8. The fraction of sp³-hybridized carbons (Fsp3) is 0.435. The maximum atomic E-state index is 12.2. The van der Waals surface area contributed by atoms with E-state index in [-0.39, 0.29) is 24.3 Å². The molecule has 0 aromatic carbocycles. The number of likely N-dealkylation sites (tertiary alicyclic amines) is 1. The zero-order valence-electron chi connectivity index (χ0n) is 40.7. The molecule has 1 fully saturated rings. The van der Waals surface area contributed by atoms with Crippen LogP contribution in [0.25, 0.3) is 16.9 Å². The van der Waals surface area contributed by atoms with Crippen LogP contribution in [0, 0.1) is 39.5 Å². The van der Waals surface area contributed by atoms with Crippen LogP contribution in [0.1, 0.15) is 98.0 Å². The maximum Gasteiger partial charge on any atom is 0.306 e. The summed E-state index contributed by atoms with van der Waals surface area (Å²) in [5, 5.41) is 19.2. The van der Waals surface area contributed by atoms with Crippen LogP contribution in [0.15, 0.2) is 62.7 Å². The molecule has 25 heteroatoms. The van der Waals surface area contributed by atoms with Crippen LogP contribution in [0.2, 0.25) is 0 Å². The van der Waals surface area contributed by atoms with Gasteiger partial charge in [-0.25, -0.2) is 28.5 Å². The number of nitrogens with zero attached hydrogens (tertiary/aromatic N) is 11. The first-order valence-electron chi connectivity index (χ1n) is 22.4. The van der Waals surface area contributed by atoms with Crippen LogP contribution in [0.4, 0.5) is 5.82 Å². The smallest absolute Gasteiger partial charge is 0.306 e. The first kappa shape index (κ1) is 62.1. The SMILES string of the molecule is CCCC(C[NH3+])CC(=O)OCC.CCCC1CC(=O)N(Cc2c(C)nn3cc(Br)cnc23)C1.Cc1cc(N)n[nH]1.Cc1cc2ncc(Br)cn2n1.Cc1nn2cc(Br)cnc2c1C=O.O=CC(Br)C=O.[Cl-]. The molecule has 7 aromatic heterocycles. The van der Waals surface area contributed by atoms with E-state index in [9.17, 15) is 24.0 Å². The van der Waals surface area contributed by atoms with Crippen molar-refractivity contribution in [1.29, 1.82) is 0 Å². The summed E-state index contributed by atoms with van der Waals surface area (Å²) < 4.78 is 12.6. The summed E-state index contributed by atoms with van der Waals surface area (Å²) in [5.74, 6) is 1.64. The summed E-state index contributed by atoms with van der Waals surface area (Å²) in [6.45, 7) is 16.5. The maximum absolute atomic E-state index is 12.2. The van der Waals surface area contributed by atoms with E-state index in [4.69, 9.17) is 10.5 Å². The molecule has 8 heterocycles. The van der Waals surface area contributed by atoms with Gasteiger partial charge >= 0.3 is 5.97 Å². The Morgan fingerprint density at radius 1 is 0.873 bits per heavy atom. The summed E-state index contributed by atoms with van der Waals surface area (Å²) in [6.07, 6.45) is 18.2. The van der Waals surface area contributed by atoms with Gasteiger partial charge in [-0.05, 0) is 101 Å². The van der Waals surface area contributed by atoms with Gasteiger partial charge in [0.1, 0.15) is 23.2 Å². The first-order chi connectivity index (χ1) is 33.4. The molecule has 20 nitrogen and oxygen atoms in total. The molecule has 386 valence electrons. The van der Waals surface area contributed by atoms with Gasteiger partial charge in [0.25, 0.3) is 0 Å². The number of quaternary nitrogens is 1. The molecule has 1 aliphatic rings. The van der Waals surface area contributed by atoms with Crippen molar-refractivity contribution in [2.45, 2.75) is 98.4 Å². The van der Waals surface area contributed by atoms with Gasteiger partial charge in [0.2, 0.25) is 5.91 Å². The number of H-pyrrole nitrogens is 1. The van der Waals surface area contributed by atoms with Gasteiger partial charge in [-0.3, -0.25) is 19.5 Å². The summed E-state index contributed by atoms with van der Waals surface area (Å²) in [6, 6.07) is 3.71. The second-order valence-electron chi connectivity index (χ2n) is 15.9. The molecule has 0 spiro atoms. The van der Waals surface area contributed by atoms with Crippen molar-refractivity contribution in [2.24, 2.45) is 11.8 Å². The van der Waals surface area contributed by atoms with E-state index in [0.29, 0.717) is 73.1 Å². The highest BCUT2D eigenvalue weighted by molar-refractivity contribution is 9.11. The highest BCUT2D eigenvalue weighted by Gasteiger charge is 2.30. The topological polar surface area (TPSA) is 271 Å². The van der Waals surface area contributed by atoms with E-state index in [1.807, 2.05) is 51.1 Å². The normalized spacial score (nSPS) is 12.9. The predicted octanol–water partition coefficient (Wildman–Crippen LogP) is 4.41. The summed E-state index contributed by atoms with van der Waals surface area (Å²) in [7, 11) is 0. The Hall–Kier alpha value is -5.01. The molecule has 2 unspecified atom stereocenters. The third-order valence-corrected chi connectivity index (χ3v) is 11.8. The molecule has 1 amide bonds. The van der Waals surface area contributed by atoms with Gasteiger partial charge < -0.3 is 43.1 Å². The number of esters is 1. The summed E-state index contributed by atoms with van der Waals surface area (Å²) >= 11 is 12.7. The van der Waals surface area contributed by atoms with Crippen LogP contribution in [0.3, 0.4) is 0 Å². The van der Waals surface area contributed by atoms with Crippen LogP contribution in [0.5, 0.6) is 0 Å². The Kier molecular flexibility index (Phi) is 28.1. The number of carbonyl (C=O) groups excluding carboxylic acids is 5. The van der Waals surface area contributed by atoms with Crippen LogP contribution in [-0.2, 0) is 30.5 Å². The van der Waals surface area contributed by atoms with Crippen LogP contribution >= 0.6 is 63.7 Å². The fourth-order valence-corrected chi connectivity index (χ4v) is 7.78. The summed E-state index contributed by atoms with van der Waals surface area (Å²) in [5.41, 5.74) is 16.6. The molecule has 0 aliphatic carbocycles. The lowest BCUT2D eigenvalue weighted by Gasteiger charge is -2.16. The lowest BCUT2D eigenvalue weighted by molar-refractivity contribution is -0.379. The van der Waals surface area contributed by atoms with Crippen molar-refractivity contribution >= 4 is 117 Å². The zero-order chi connectivity index (χ0) is 51.9. The molecule has 2 atom stereocenters. The lowest BCUT2D eigenvalue weighted by atomic mass is 10.0. The standard InChI is InChI=1S/C15H19BrN4O.C9H19NO2.C8H6BrN3O.C7H6BrN3.C4H7N3.C3H3BrO2.ClH/c1-3-4-11-5-14(21)19(7-11)9-13-10(2)18-20-8-12(16)6-17-15(13)20;1-3-5-8(7-10)6-9(11)12-4-2;1-5-7(4-13)8-10-2-6(9)3-12(8)11-5;1-5-2-7-9-3-6(8)4-11(7)10-5;1-3-2-4(5)7-6-3;4-3(1-5)2-6;/h6,8,11H,3-5,7,9H2,1-2H3;8H,3-7,10H2,1-2H3;2-4H,1H3;2-4H,1H3;2H,1H3,(H3,5,6,7);1-3H;1H. The van der Waals surface area contributed by atoms with E-state index in [1.165, 1.54) is 0 Å². The molecule has 1 aliphatic heterocycles. The zero-order valence-corrected chi connectivity index (χ0v) is 47.8. The number of hydrogen-bond acceptors (Lipinski definition) is 14. The van der Waals surface area contributed by atoms with Crippen molar-refractivity contribution < 1.29 is 46.9 Å². The first-order valence-corrected chi connectivity index (χ1v) is 25.7. The number of aryl methyl sites for hydroxylation is 4. The molecule has 7 aromatic rings. The Morgan fingerprint density at radius 3 is 1.97 bits per heavy atom. The number of anilines is 1. The van der Waals surface area contributed by atoms with E-state index in [0.717, 1.165) is 92.4 Å². The van der Waals surface area contributed by atoms with Crippen LogP contribution < -0.4 is 23.9 Å². The minimum atomic E-state index is -0.613. The number of halogens is 5. The van der Waals surface area contributed by atoms with Crippen molar-refractivity contribution in [2.75, 3.05) is 25.4 Å². The third kappa shape index (κ3) is 20.6. The number of hydrogen-bond donors (Lipinski definition) is 3. The molecular formula is C46H61Br4ClN14O6. The molecule has 0 bridgehead atoms. The number of nitrogens with one attached hydrogen (secondary N) is 1. The number of alkyl halides is 1. The van der Waals surface area contributed by atoms with Gasteiger partial charge in [-0.15, -0.1) is 0 Å². The van der Waals surface area contributed by atoms with E-state index in [2.05, 4.69) is 124 Å². The Balaban J connectivity index is 0.000000306. The number of rotatable bonds is 13. The minimum absolute atomic E-state index is 0. The number of nitrogen functional groups attached to an aromatic ring is 1. The Bertz CT molecular complexity index is 2760. The second-order valence-corrected chi connectivity index (χ2v) is 19.7. The van der Waals surface area contributed by atoms with Gasteiger partial charge in [0, 0.05) is 79.5 Å². The number of aromatic nitrogens is 11. The molecule has 6 N–H and O–H groups in total. The van der Waals surface area contributed by atoms with Crippen molar-refractivity contribution in [1.82, 2.24) is 58.9 Å². The van der Waals surface area contributed by atoms with Gasteiger partial charge in [-0.1, -0.05) is 42.6 Å². The molecule has 8 rings (SSSR count). The number of ether oxygens (including phenoxy) is 1. The predicted molar refractivity (Wildman–Crippen MR) is 280 cm³/mol. The molecular weight excluding hydrogens is 1200 g/mol. The van der Waals surface area contributed by atoms with Gasteiger partial charge in [-0.2, -0.15) is 20.4 Å². The molecule has 0 saturated carbocycles. The number of fused-ring (bicyclic) bond motifs is 3. The number of amides is 1. The number of aldehydes is 3. The highest BCUT2D eigenvalue weighted by Crippen LogP contribution is 2.26. The Labute approximate surface area is 452 Å². The Morgan fingerprint density at radius 2 is 1.46 bits per heavy atom. The van der Waals surface area contributed by atoms with Crippen molar-refractivity contribution in [3.63, 3.8) is 0 Å². The monoisotopic (exact) mass is 1260 g/mol. The highest BCUT2D eigenvalue weighted by atomic mass is 79.9. The van der Waals surface area contributed by atoms with Crippen LogP contribution in [-0.4, -0.2) is 114 Å². The number of aromatic amines is 1. The number of carbonyl (C=O) groups is 5. The quantitative estimate of drug-likeness (QED) is 0.0625. The average molecular weight is 1260 g/mol. The second kappa shape index (κ2) is 32.1. The van der Waals surface area contributed by atoms with Crippen molar-refractivity contribution in [3.8, 4) is 0 Å². The molecule has 0 radical (unpaired) electrons. The fourth-order valence-electron chi connectivity index (χ4n) is 6.89. The average Bonchev–Trinajstić information content (AvgIpc) is 4.13. The van der Waals surface area contributed by atoms with E-state index < -0.39 is 4.83 Å². The molecule has 1 saturated heterocycles. The largest absolute Gasteiger partial charge is 1.00 e. The van der Waals surface area contributed by atoms with Gasteiger partial charge in [0.05, 0.1) is 62.2 Å². The minimum Gasteiger partial charge on any atom is -1.00 e. The third-order valence-electron chi connectivity index (χ3n) is 10.1. The number of nitrogens with two attached hydrogens (primary N) is 1. The molecule has 71 heavy (non-hydrogen) atoms. The van der Waals surface area contributed by atoms with Gasteiger partial charge in [0.15, 0.2) is 23.2 Å². The van der Waals surface area contributed by atoms with E-state index in [1.54, 1.807) is 51.3 Å².